The molecule has 0 amide bonds. The van der Waals surface area contributed by atoms with Crippen LogP contribution in [0.25, 0.3) is 0 Å². The number of rotatable bonds is 0. The summed E-state index contributed by atoms with van der Waals surface area (Å²) in [6, 6.07) is 0. The zero-order chi connectivity index (χ0) is 7.89. The van der Waals surface area contributed by atoms with Gasteiger partial charge in [0, 0.05) is 11.4 Å². The van der Waals surface area contributed by atoms with Crippen molar-refractivity contribution in [1.82, 2.24) is 3.59 Å². The molecule has 56 valence electrons. The van der Waals surface area contributed by atoms with Gasteiger partial charge in [-0.05, 0) is 38.8 Å². The average molecular weight is 202 g/mol. The Morgan fingerprint density at radius 2 is 1.20 bits per heavy atom. The van der Waals surface area contributed by atoms with Crippen LogP contribution in [0.2, 0.25) is 0 Å². The molecule has 0 saturated heterocycles. The predicted octanol–water partition coefficient (Wildman–Crippen LogP) is 2.88. The third kappa shape index (κ3) is 0.908. The van der Waals surface area contributed by atoms with Crippen molar-refractivity contribution < 1.29 is 0 Å². The van der Waals surface area contributed by atoms with E-state index in [1.807, 2.05) is 0 Å². The lowest BCUT2D eigenvalue weighted by Crippen LogP contribution is -1.84. The van der Waals surface area contributed by atoms with Gasteiger partial charge in [0.05, 0.1) is 16.1 Å². The van der Waals surface area contributed by atoms with Gasteiger partial charge in [0.25, 0.3) is 0 Å². The van der Waals surface area contributed by atoms with Crippen LogP contribution in [0.4, 0.5) is 0 Å². The maximum atomic E-state index is 3.47. The highest BCUT2D eigenvalue weighted by molar-refractivity contribution is 9.08. The molecule has 2 heteroatoms. The maximum Gasteiger partial charge on any atom is 0.0544 e. The van der Waals surface area contributed by atoms with Gasteiger partial charge in [-0.1, -0.05) is 0 Å². The van der Waals surface area contributed by atoms with Gasteiger partial charge in [-0.2, -0.15) is 0 Å². The number of aromatic nitrogens is 1. The molecule has 10 heavy (non-hydrogen) atoms. The van der Waals surface area contributed by atoms with Crippen LogP contribution >= 0.6 is 16.1 Å². The largest absolute Gasteiger partial charge is 0.285 e. The molecule has 0 unspecified atom stereocenters. The van der Waals surface area contributed by atoms with Crippen LogP contribution in [0.15, 0.2) is 0 Å². The van der Waals surface area contributed by atoms with Gasteiger partial charge in [0.1, 0.15) is 0 Å². The molecule has 1 heterocycles. The summed E-state index contributed by atoms with van der Waals surface area (Å²) in [5.41, 5.74) is 5.37. The SMILES string of the molecule is Cc1c(C)c(C)n(Br)c1C. The fourth-order valence-corrected chi connectivity index (χ4v) is 1.62. The number of halogens is 1. The molecule has 1 aromatic rings. The van der Waals surface area contributed by atoms with Gasteiger partial charge in [-0.3, -0.25) is 3.59 Å². The van der Waals surface area contributed by atoms with E-state index < -0.39 is 0 Å². The van der Waals surface area contributed by atoms with Crippen molar-refractivity contribution in [3.05, 3.63) is 22.5 Å². The van der Waals surface area contributed by atoms with Gasteiger partial charge in [0.2, 0.25) is 0 Å². The van der Waals surface area contributed by atoms with Crippen molar-refractivity contribution in [3.63, 3.8) is 0 Å². The van der Waals surface area contributed by atoms with E-state index in [0.717, 1.165) is 0 Å². The molecule has 0 fully saturated rings. The number of hydrogen-bond acceptors (Lipinski definition) is 0. The fraction of sp³-hybridized carbons (Fsp3) is 0.500. The molecular weight excluding hydrogens is 190 g/mol. The highest BCUT2D eigenvalue weighted by Crippen LogP contribution is 2.21. The fourth-order valence-electron chi connectivity index (χ4n) is 1.09. The summed E-state index contributed by atoms with van der Waals surface area (Å²) in [5.74, 6) is 0. The summed E-state index contributed by atoms with van der Waals surface area (Å²) in [6.45, 7) is 8.53. The third-order valence-corrected chi connectivity index (χ3v) is 3.30. The van der Waals surface area contributed by atoms with Gasteiger partial charge >= 0.3 is 0 Å². The van der Waals surface area contributed by atoms with E-state index in [-0.39, 0.29) is 0 Å². The Hall–Kier alpha value is -0.240. The average Bonchev–Trinajstić information content (AvgIpc) is 2.07. The van der Waals surface area contributed by atoms with E-state index in [4.69, 9.17) is 0 Å². The highest BCUT2D eigenvalue weighted by atomic mass is 79.9. The lowest BCUT2D eigenvalue weighted by atomic mass is 10.2. The molecular formula is C8H12BrN. The minimum atomic E-state index is 1.30. The summed E-state index contributed by atoms with van der Waals surface area (Å²) in [7, 11) is 0. The standard InChI is InChI=1S/C8H12BrN/c1-5-6(2)8(4)10(9)7(5)3/h1-4H3. The number of hydrogen-bond donors (Lipinski definition) is 0. The predicted molar refractivity (Wildman–Crippen MR) is 47.7 cm³/mol. The van der Waals surface area contributed by atoms with Crippen LogP contribution < -0.4 is 0 Å². The first kappa shape index (κ1) is 7.86. The molecule has 0 aliphatic carbocycles. The Labute approximate surface area is 70.4 Å². The summed E-state index contributed by atoms with van der Waals surface area (Å²) >= 11 is 3.47. The van der Waals surface area contributed by atoms with Crippen molar-refractivity contribution in [3.8, 4) is 0 Å². The second-order valence-corrected chi connectivity index (χ2v) is 3.41. The lowest BCUT2D eigenvalue weighted by molar-refractivity contribution is 1.11. The smallest absolute Gasteiger partial charge is 0.0544 e. The molecule has 0 spiro atoms. The van der Waals surface area contributed by atoms with E-state index in [0.29, 0.717) is 0 Å². The van der Waals surface area contributed by atoms with Gasteiger partial charge in [-0.15, -0.1) is 0 Å². The molecule has 1 rings (SSSR count). The summed E-state index contributed by atoms with van der Waals surface area (Å²) in [5, 5.41) is 0. The minimum absolute atomic E-state index is 1.30. The van der Waals surface area contributed by atoms with Crippen LogP contribution in [-0.2, 0) is 0 Å². The van der Waals surface area contributed by atoms with E-state index in [2.05, 4.69) is 47.4 Å². The maximum absolute atomic E-state index is 3.47. The van der Waals surface area contributed by atoms with Crippen molar-refractivity contribution in [1.29, 1.82) is 0 Å². The molecule has 0 aliphatic heterocycles. The Morgan fingerprint density at radius 3 is 1.30 bits per heavy atom. The summed E-state index contributed by atoms with van der Waals surface area (Å²) in [4.78, 5) is 0. The second-order valence-electron chi connectivity index (χ2n) is 2.70. The molecule has 0 saturated carbocycles. The zero-order valence-electron chi connectivity index (χ0n) is 6.83. The quantitative estimate of drug-likeness (QED) is 0.609. The molecule has 0 atom stereocenters. The molecule has 0 bridgehead atoms. The second kappa shape index (κ2) is 2.42. The molecule has 0 aliphatic rings. The van der Waals surface area contributed by atoms with Crippen LogP contribution in [-0.4, -0.2) is 3.59 Å². The van der Waals surface area contributed by atoms with Gasteiger partial charge in [0.15, 0.2) is 0 Å². The minimum Gasteiger partial charge on any atom is -0.285 e. The van der Waals surface area contributed by atoms with Crippen molar-refractivity contribution >= 4 is 16.1 Å². The summed E-state index contributed by atoms with van der Waals surface area (Å²) in [6.07, 6.45) is 0. The van der Waals surface area contributed by atoms with E-state index in [1.165, 1.54) is 22.5 Å². The third-order valence-electron chi connectivity index (χ3n) is 2.24. The first-order valence-corrected chi connectivity index (χ1v) is 4.08. The Bertz CT molecular complexity index is 180. The van der Waals surface area contributed by atoms with E-state index in [9.17, 15) is 0 Å². The van der Waals surface area contributed by atoms with Crippen LogP contribution in [0.5, 0.6) is 0 Å². The Morgan fingerprint density at radius 1 is 0.900 bits per heavy atom. The monoisotopic (exact) mass is 201 g/mol. The first-order valence-electron chi connectivity index (χ1n) is 3.37. The molecule has 0 aromatic carbocycles. The molecule has 0 radical (unpaired) electrons. The normalized spacial score (nSPS) is 10.5. The molecule has 1 aromatic heterocycles. The summed E-state index contributed by atoms with van der Waals surface area (Å²) < 4.78 is 2.05. The Kier molecular flexibility index (Phi) is 1.90. The first-order chi connectivity index (χ1) is 4.55. The van der Waals surface area contributed by atoms with Crippen LogP contribution in [0.1, 0.15) is 22.5 Å². The number of nitrogens with zero attached hydrogens (tertiary/aromatic N) is 1. The Balaban J connectivity index is 3.44. The van der Waals surface area contributed by atoms with Crippen molar-refractivity contribution in [2.75, 3.05) is 0 Å². The van der Waals surface area contributed by atoms with Gasteiger partial charge in [-0.25, -0.2) is 0 Å². The van der Waals surface area contributed by atoms with Gasteiger partial charge < -0.3 is 0 Å². The van der Waals surface area contributed by atoms with Crippen molar-refractivity contribution in [2.24, 2.45) is 0 Å². The zero-order valence-corrected chi connectivity index (χ0v) is 8.41. The van der Waals surface area contributed by atoms with E-state index in [1.54, 1.807) is 0 Å². The lowest BCUT2D eigenvalue weighted by Gasteiger charge is -1.94. The van der Waals surface area contributed by atoms with Crippen LogP contribution in [0.3, 0.4) is 0 Å². The van der Waals surface area contributed by atoms with Crippen molar-refractivity contribution in [2.45, 2.75) is 27.7 Å². The molecule has 0 N–H and O–H groups in total. The van der Waals surface area contributed by atoms with E-state index >= 15 is 0 Å². The van der Waals surface area contributed by atoms with Crippen LogP contribution in [0, 0.1) is 27.7 Å². The topological polar surface area (TPSA) is 4.93 Å². The molecule has 1 nitrogen and oxygen atoms in total. The highest BCUT2D eigenvalue weighted by Gasteiger charge is 2.07.